The number of fused-ring (bicyclic) bond motifs is 1. The van der Waals surface area contributed by atoms with E-state index in [1.165, 1.54) is 82.8 Å². The molecule has 2 rings (SSSR count). The molecule has 622 valence electrons. The number of amides is 13. The number of aromatic nitrogens is 2. The molecule has 0 aliphatic heterocycles. The lowest BCUT2D eigenvalue weighted by Gasteiger charge is -2.41. The van der Waals surface area contributed by atoms with Crippen molar-refractivity contribution in [1.29, 1.82) is 0 Å². The zero-order valence-corrected chi connectivity index (χ0v) is 69.4. The van der Waals surface area contributed by atoms with Crippen molar-refractivity contribution in [2.24, 2.45) is 41.4 Å². The number of aliphatic hydroxyl groups excluding tert-OH is 1. The van der Waals surface area contributed by atoms with Crippen LogP contribution in [0.25, 0.3) is 11.0 Å². The Balaban J connectivity index is 2.64. The second-order valence-corrected chi connectivity index (χ2v) is 31.1. The maximum Gasteiger partial charge on any atom is 0.303 e. The summed E-state index contributed by atoms with van der Waals surface area (Å²) in [6.45, 7) is 28.7. The van der Waals surface area contributed by atoms with Gasteiger partial charge in [0.15, 0.2) is 0 Å². The highest BCUT2D eigenvalue weighted by Crippen LogP contribution is 2.26. The number of carbonyl (C=O) groups excluding carboxylic acids is 13. The lowest BCUT2D eigenvalue weighted by Crippen LogP contribution is -2.63. The Bertz CT molecular complexity index is 3400. The Hall–Kier alpha value is -8.85. The van der Waals surface area contributed by atoms with Crippen molar-refractivity contribution in [3.05, 3.63) is 29.6 Å². The summed E-state index contributed by atoms with van der Waals surface area (Å²) in [5, 5.41) is 40.2. The first-order valence-electron chi connectivity index (χ1n) is 38.4. The van der Waals surface area contributed by atoms with Crippen molar-refractivity contribution < 1.29 is 86.8 Å². The van der Waals surface area contributed by atoms with Gasteiger partial charge in [0.05, 0.1) is 56.5 Å². The van der Waals surface area contributed by atoms with E-state index in [2.05, 4.69) is 42.2 Å². The van der Waals surface area contributed by atoms with Gasteiger partial charge in [-0.05, 0) is 106 Å². The standard InChI is InChI=1S/C77H131N15O18/c1-24-53(74(105)87(18)42-62(95)88(19)56(37-44(4)5)70(101)86-64(47(10)11)71(102)78-17)85-72(103)66(67(98)49(14)40-59-83-54-27-26-52(41-55(54)84-59)69(100)80-32-34-110-36-35-109-33-31-79-60(93)29-30-63(96)97)92(23)77(108)65(48(12)13)91(22)76(107)58(39-46(8)9)90(21)75(106)57(38-45(6)7)89(20)73(104)51(16)82-68(99)50(15)81-61(94)28-25-43(2)3/h26-27,41,43-51,53,56-58,64-67,98H,24-25,28-40,42H2,1-23H3,(H,78,102)(H,79,93)(H,80,100)(H,81,94)(H,82,99)(H,83,84)(H,85,103)(H,86,101)(H,96,97). The molecule has 110 heavy (non-hydrogen) atoms. The molecule has 11 atom stereocenters. The van der Waals surface area contributed by atoms with E-state index in [1.54, 1.807) is 59.7 Å². The number of nitrogens with one attached hydrogen (secondary N) is 8. The van der Waals surface area contributed by atoms with Gasteiger partial charge >= 0.3 is 5.97 Å². The number of aromatic amines is 1. The first-order chi connectivity index (χ1) is 51.3. The molecule has 0 saturated heterocycles. The van der Waals surface area contributed by atoms with Gasteiger partial charge < -0.3 is 91.3 Å². The minimum Gasteiger partial charge on any atom is -0.481 e. The number of carbonyl (C=O) groups is 14. The van der Waals surface area contributed by atoms with Crippen molar-refractivity contribution in [3.8, 4) is 0 Å². The molecule has 13 amide bonds. The third-order valence-corrected chi connectivity index (χ3v) is 19.1. The Morgan fingerprint density at radius 3 is 1.57 bits per heavy atom. The molecule has 11 unspecified atom stereocenters. The van der Waals surface area contributed by atoms with Crippen LogP contribution >= 0.6 is 0 Å². The number of hydrogen-bond acceptors (Lipinski definition) is 18. The number of rotatable bonds is 49. The van der Waals surface area contributed by atoms with E-state index in [-0.39, 0.29) is 132 Å². The first-order valence-corrected chi connectivity index (χ1v) is 38.4. The highest BCUT2D eigenvalue weighted by atomic mass is 16.5. The summed E-state index contributed by atoms with van der Waals surface area (Å²) in [5.74, 6) is -10.7. The highest BCUT2D eigenvalue weighted by molar-refractivity contribution is 6.00. The van der Waals surface area contributed by atoms with Gasteiger partial charge in [-0.25, -0.2) is 4.98 Å². The van der Waals surface area contributed by atoms with Crippen molar-refractivity contribution >= 4 is 93.8 Å². The fourth-order valence-corrected chi connectivity index (χ4v) is 12.5. The van der Waals surface area contributed by atoms with Gasteiger partial charge in [-0.2, -0.15) is 0 Å². The zero-order valence-electron chi connectivity index (χ0n) is 69.4. The molecule has 2 aromatic rings. The average molecular weight is 1550 g/mol. The molecule has 1 heterocycles. The quantitative estimate of drug-likeness (QED) is 0.0425. The number of likely N-dealkylation sites (N-methyl/N-ethyl adjacent to an activating group) is 7. The van der Waals surface area contributed by atoms with E-state index < -0.39 is 156 Å². The number of H-pyrrole nitrogens is 1. The Morgan fingerprint density at radius 2 is 1.05 bits per heavy atom. The van der Waals surface area contributed by atoms with Crippen LogP contribution in [0.2, 0.25) is 0 Å². The van der Waals surface area contributed by atoms with Crippen LogP contribution in [0.15, 0.2) is 18.2 Å². The van der Waals surface area contributed by atoms with E-state index in [0.29, 0.717) is 23.3 Å². The minimum absolute atomic E-state index is 0.0488. The van der Waals surface area contributed by atoms with Crippen LogP contribution in [0.4, 0.5) is 0 Å². The van der Waals surface area contributed by atoms with Crippen LogP contribution in [0.5, 0.6) is 0 Å². The number of carboxylic acids is 1. The molecule has 0 bridgehead atoms. The van der Waals surface area contributed by atoms with Gasteiger partial charge in [-0.15, -0.1) is 0 Å². The normalized spacial score (nSPS) is 14.6. The summed E-state index contributed by atoms with van der Waals surface area (Å²) in [6, 6.07) is -6.21. The number of benzene rings is 1. The Kier molecular flexibility index (Phi) is 41.9. The molecule has 1 aromatic heterocycles. The second-order valence-electron chi connectivity index (χ2n) is 31.1. The van der Waals surface area contributed by atoms with E-state index >= 15 is 19.2 Å². The van der Waals surface area contributed by atoms with Crippen LogP contribution < -0.4 is 37.2 Å². The predicted octanol–water partition coefficient (Wildman–Crippen LogP) is 2.46. The van der Waals surface area contributed by atoms with Crippen LogP contribution in [0.3, 0.4) is 0 Å². The summed E-state index contributed by atoms with van der Waals surface area (Å²) in [5.41, 5.74) is 1.18. The van der Waals surface area contributed by atoms with Crippen molar-refractivity contribution in [2.45, 2.75) is 229 Å². The maximum atomic E-state index is 15.6. The van der Waals surface area contributed by atoms with Crippen LogP contribution in [-0.4, -0.2) is 288 Å². The Labute approximate surface area is 650 Å². The summed E-state index contributed by atoms with van der Waals surface area (Å²) in [7, 11) is 9.79. The molecule has 33 heteroatoms. The fraction of sp³-hybridized carbons (Fsp3) is 0.727. The molecular formula is C77H131N15O18. The number of aliphatic carboxylic acids is 1. The van der Waals surface area contributed by atoms with E-state index in [0.717, 1.165) is 9.80 Å². The molecule has 0 aliphatic rings. The minimum atomic E-state index is -1.81. The maximum absolute atomic E-state index is 15.6. The van der Waals surface area contributed by atoms with E-state index in [4.69, 9.17) is 19.6 Å². The zero-order chi connectivity index (χ0) is 83.9. The molecule has 0 spiro atoms. The smallest absolute Gasteiger partial charge is 0.303 e. The third kappa shape index (κ3) is 31.1. The molecule has 33 nitrogen and oxygen atoms in total. The average Bonchev–Trinajstić information content (AvgIpc) is 0.863. The summed E-state index contributed by atoms with van der Waals surface area (Å²) >= 11 is 0. The van der Waals surface area contributed by atoms with E-state index in [1.807, 2.05) is 55.4 Å². The third-order valence-electron chi connectivity index (χ3n) is 19.1. The number of ether oxygens (including phenoxy) is 2. The molecule has 0 saturated carbocycles. The fourth-order valence-electron chi connectivity index (χ4n) is 12.5. The summed E-state index contributed by atoms with van der Waals surface area (Å²) < 4.78 is 11.0. The largest absolute Gasteiger partial charge is 0.481 e. The summed E-state index contributed by atoms with van der Waals surface area (Å²) in [6.07, 6.45) is -0.978. The highest BCUT2D eigenvalue weighted by Gasteiger charge is 2.45. The Morgan fingerprint density at radius 1 is 0.518 bits per heavy atom. The predicted molar refractivity (Wildman–Crippen MR) is 415 cm³/mol. The molecule has 0 fully saturated rings. The number of imidazole rings is 1. The number of aliphatic hydroxyl groups is 1. The van der Waals surface area contributed by atoms with Crippen LogP contribution in [0.1, 0.15) is 178 Å². The number of nitrogens with zero attached hydrogens (tertiary/aromatic N) is 7. The molecule has 0 radical (unpaired) electrons. The van der Waals surface area contributed by atoms with Crippen molar-refractivity contribution in [2.75, 3.05) is 95.4 Å². The monoisotopic (exact) mass is 1550 g/mol. The van der Waals surface area contributed by atoms with Gasteiger partial charge in [0, 0.05) is 87.2 Å². The lowest BCUT2D eigenvalue weighted by molar-refractivity contribution is -0.157. The van der Waals surface area contributed by atoms with Crippen LogP contribution in [0, 0.1) is 41.4 Å². The second kappa shape index (κ2) is 47.4. The van der Waals surface area contributed by atoms with Gasteiger partial charge in [0.1, 0.15) is 60.2 Å². The lowest BCUT2D eigenvalue weighted by atomic mass is 9.91. The first kappa shape index (κ1) is 97.2. The van der Waals surface area contributed by atoms with Gasteiger partial charge in [-0.3, -0.25) is 67.1 Å². The molecular weight excluding hydrogens is 1420 g/mol. The van der Waals surface area contributed by atoms with E-state index in [9.17, 15) is 53.1 Å². The molecule has 1 aromatic carbocycles. The molecule has 10 N–H and O–H groups in total. The van der Waals surface area contributed by atoms with Crippen LogP contribution in [-0.2, 0) is 78.2 Å². The van der Waals surface area contributed by atoms with Gasteiger partial charge in [0.25, 0.3) is 5.91 Å². The van der Waals surface area contributed by atoms with Crippen molar-refractivity contribution in [3.63, 3.8) is 0 Å². The topological polar surface area (TPSA) is 430 Å². The van der Waals surface area contributed by atoms with Gasteiger partial charge in [-0.1, -0.05) is 96.9 Å². The summed E-state index contributed by atoms with van der Waals surface area (Å²) in [4.78, 5) is 208. The van der Waals surface area contributed by atoms with Gasteiger partial charge in [0.2, 0.25) is 70.9 Å². The number of carboxylic acid groups (broad SMARTS) is 1. The van der Waals surface area contributed by atoms with Crippen molar-refractivity contribution in [1.82, 2.24) is 76.6 Å². The SMILES string of the molecule is CCC(NC(=O)C(C(O)C(C)Cc1nc2ccc(C(=O)NCCOCCOCCNC(=O)CCC(=O)O)cc2[nH]1)N(C)C(=O)C(C(C)C)N(C)C(=O)C(CC(C)C)N(C)C(=O)C(CC(C)C)N(C)C(=O)C(C)NC(=O)C(C)NC(=O)CCC(C)C)C(=O)N(C)CC(=O)N(C)C(CC(C)C)C(=O)NC(C(=O)NC)C(C)C. The molecule has 0 aliphatic carbocycles. The number of hydrogen-bond donors (Lipinski definition) is 10.